The highest BCUT2D eigenvalue weighted by atomic mass is 15.1. The van der Waals surface area contributed by atoms with Crippen LogP contribution in [0.3, 0.4) is 0 Å². The molecule has 5 aromatic carbocycles. The van der Waals surface area contributed by atoms with Crippen LogP contribution in [-0.2, 0) is 0 Å². The first-order chi connectivity index (χ1) is 27.8. The zero-order valence-corrected chi connectivity index (χ0v) is 30.5. The minimum atomic E-state index is 0.876. The molecular weight excluding hydrogens is 683 g/mol. The van der Waals surface area contributed by atoms with E-state index in [0.717, 1.165) is 85.6 Å². The summed E-state index contributed by atoms with van der Waals surface area (Å²) < 4.78 is 4.68. The number of hydrogen-bond donors (Lipinski definition) is 0. The number of rotatable bonds is 6. The van der Waals surface area contributed by atoms with Crippen molar-refractivity contribution in [3.63, 3.8) is 0 Å². The largest absolute Gasteiger partial charge is 0.298 e. The summed E-state index contributed by atoms with van der Waals surface area (Å²) in [6.07, 6.45) is 6.28. The molecule has 5 nitrogen and oxygen atoms in total. The quantitative estimate of drug-likeness (QED) is 0.172. The smallest absolute Gasteiger partial charge is 0.148 e. The van der Waals surface area contributed by atoms with E-state index in [2.05, 4.69) is 185 Å². The van der Waals surface area contributed by atoms with E-state index in [0.29, 0.717) is 0 Å². The third-order valence-electron chi connectivity index (χ3n) is 11.1. The predicted molar refractivity (Wildman–Crippen MR) is 231 cm³/mol. The van der Waals surface area contributed by atoms with Gasteiger partial charge in [0.1, 0.15) is 11.3 Å². The van der Waals surface area contributed by atoms with Gasteiger partial charge in [-0.25, -0.2) is 15.0 Å². The summed E-state index contributed by atoms with van der Waals surface area (Å²) in [5.41, 5.74) is 15.0. The molecule has 0 amide bonds. The summed E-state index contributed by atoms with van der Waals surface area (Å²) in [7, 11) is 0. The Kier molecular flexibility index (Phi) is 7.56. The van der Waals surface area contributed by atoms with Gasteiger partial charge in [0.25, 0.3) is 0 Å². The zero-order chi connectivity index (χ0) is 37.0. The van der Waals surface area contributed by atoms with Crippen molar-refractivity contribution in [1.29, 1.82) is 0 Å². The van der Waals surface area contributed by atoms with E-state index in [-0.39, 0.29) is 0 Å². The maximum absolute atomic E-state index is 5.59. The Morgan fingerprint density at radius 3 is 1.45 bits per heavy atom. The molecule has 0 N–H and O–H groups in total. The number of allylic oxidation sites excluding steroid dienone is 4. The lowest BCUT2D eigenvalue weighted by atomic mass is 9.98. The van der Waals surface area contributed by atoms with E-state index in [4.69, 9.17) is 15.0 Å². The molecular formula is C51H35N5. The fourth-order valence-corrected chi connectivity index (χ4v) is 8.36. The van der Waals surface area contributed by atoms with Gasteiger partial charge in [0.2, 0.25) is 0 Å². The molecule has 5 heterocycles. The van der Waals surface area contributed by atoms with Crippen LogP contribution < -0.4 is 0 Å². The molecule has 0 bridgehead atoms. The Morgan fingerprint density at radius 1 is 0.357 bits per heavy atom. The number of para-hydroxylation sites is 2. The molecule has 0 atom stereocenters. The Bertz CT molecular complexity index is 3170. The standard InChI is InChI=1S/C51H35N5/c1-3-13-34(14-4-1)44-19-11-21-46(52-44)36-25-29-38(30-26-36)55-48-23-9-7-17-40(48)42-33-43-41-18-8-10-24-49(41)56(51(43)54-50(42)55)39-31-27-37(28-32-39)47-22-12-20-45(53-47)35-15-5-2-6-16-35/h1-27,29-31,33H,28,32H2. The summed E-state index contributed by atoms with van der Waals surface area (Å²) in [6.45, 7) is 0. The van der Waals surface area contributed by atoms with Gasteiger partial charge < -0.3 is 0 Å². The maximum atomic E-state index is 5.59. The first kappa shape index (κ1) is 32.1. The molecule has 0 aliphatic heterocycles. The Balaban J connectivity index is 1.03. The normalized spacial score (nSPS) is 13.1. The van der Waals surface area contributed by atoms with Crippen LogP contribution in [0.25, 0.3) is 94.6 Å². The van der Waals surface area contributed by atoms with Crippen molar-refractivity contribution in [2.75, 3.05) is 0 Å². The molecule has 0 unspecified atom stereocenters. The van der Waals surface area contributed by atoms with E-state index in [1.165, 1.54) is 27.6 Å². The van der Waals surface area contributed by atoms with Crippen molar-refractivity contribution < 1.29 is 0 Å². The van der Waals surface area contributed by atoms with Crippen molar-refractivity contribution in [3.8, 4) is 39.5 Å². The molecule has 0 saturated heterocycles. The summed E-state index contributed by atoms with van der Waals surface area (Å²) >= 11 is 0. The average molecular weight is 718 g/mol. The van der Waals surface area contributed by atoms with E-state index in [1.54, 1.807) is 0 Å². The molecule has 0 saturated carbocycles. The Labute approximate surface area is 324 Å². The number of benzene rings is 5. The highest BCUT2D eigenvalue weighted by molar-refractivity contribution is 6.17. The maximum Gasteiger partial charge on any atom is 0.148 e. The Morgan fingerprint density at radius 2 is 0.857 bits per heavy atom. The minimum Gasteiger partial charge on any atom is -0.298 e. The van der Waals surface area contributed by atoms with Crippen LogP contribution in [0, 0.1) is 0 Å². The SMILES string of the molecule is C1=C(c2cccc(-c3ccccc3)n2)CCC(n2c3ccccc3c3cc4c5ccccc5n(-c5ccc(-c6cccc(-c7ccccc7)n6)cc5)c4nc32)=C1. The molecule has 1 aliphatic carbocycles. The van der Waals surface area contributed by atoms with Crippen molar-refractivity contribution in [2.24, 2.45) is 0 Å². The minimum absolute atomic E-state index is 0.876. The number of hydrogen-bond acceptors (Lipinski definition) is 3. The highest BCUT2D eigenvalue weighted by Gasteiger charge is 2.22. The molecule has 56 heavy (non-hydrogen) atoms. The van der Waals surface area contributed by atoms with Gasteiger partial charge in [-0.05, 0) is 79.1 Å². The fourth-order valence-electron chi connectivity index (χ4n) is 8.36. The van der Waals surface area contributed by atoms with Crippen molar-refractivity contribution in [2.45, 2.75) is 12.8 Å². The lowest BCUT2D eigenvalue weighted by Gasteiger charge is -2.18. The van der Waals surface area contributed by atoms with Gasteiger partial charge in [-0.2, -0.15) is 0 Å². The highest BCUT2D eigenvalue weighted by Crippen LogP contribution is 2.40. The van der Waals surface area contributed by atoms with Crippen LogP contribution >= 0.6 is 0 Å². The monoisotopic (exact) mass is 717 g/mol. The predicted octanol–water partition coefficient (Wildman–Crippen LogP) is 12.8. The fraction of sp³-hybridized carbons (Fsp3) is 0.0392. The van der Waals surface area contributed by atoms with E-state index >= 15 is 0 Å². The molecule has 264 valence electrons. The molecule has 0 radical (unpaired) electrons. The number of fused-ring (bicyclic) bond motifs is 6. The molecule has 5 aromatic heterocycles. The topological polar surface area (TPSA) is 48.5 Å². The summed E-state index contributed by atoms with van der Waals surface area (Å²) in [5, 5.41) is 4.69. The molecule has 0 spiro atoms. The molecule has 1 aliphatic rings. The van der Waals surface area contributed by atoms with Gasteiger partial charge >= 0.3 is 0 Å². The van der Waals surface area contributed by atoms with Crippen LogP contribution in [0.2, 0.25) is 0 Å². The van der Waals surface area contributed by atoms with Crippen molar-refractivity contribution in [1.82, 2.24) is 24.1 Å². The second-order valence-corrected chi connectivity index (χ2v) is 14.4. The van der Waals surface area contributed by atoms with Gasteiger partial charge in [0.15, 0.2) is 0 Å². The first-order valence-corrected chi connectivity index (χ1v) is 19.2. The molecule has 11 rings (SSSR count). The van der Waals surface area contributed by atoms with Crippen LogP contribution in [0.15, 0.2) is 188 Å². The van der Waals surface area contributed by atoms with Crippen LogP contribution in [0.4, 0.5) is 0 Å². The van der Waals surface area contributed by atoms with Gasteiger partial charge in [-0.1, -0.05) is 127 Å². The summed E-state index contributed by atoms with van der Waals surface area (Å²) in [4.78, 5) is 15.7. The number of aromatic nitrogens is 5. The number of pyridine rings is 3. The van der Waals surface area contributed by atoms with Crippen LogP contribution in [0.1, 0.15) is 18.5 Å². The Hall–Kier alpha value is -7.37. The first-order valence-electron chi connectivity index (χ1n) is 19.2. The van der Waals surface area contributed by atoms with E-state index in [9.17, 15) is 0 Å². The second kappa shape index (κ2) is 13.2. The van der Waals surface area contributed by atoms with Crippen LogP contribution in [0.5, 0.6) is 0 Å². The molecule has 5 heteroatoms. The van der Waals surface area contributed by atoms with Gasteiger partial charge in [0.05, 0.1) is 33.8 Å². The second-order valence-electron chi connectivity index (χ2n) is 14.4. The van der Waals surface area contributed by atoms with E-state index < -0.39 is 0 Å². The molecule has 0 fully saturated rings. The van der Waals surface area contributed by atoms with Gasteiger partial charge in [0, 0.05) is 49.6 Å². The number of nitrogens with zero attached hydrogens (tertiary/aromatic N) is 5. The third kappa shape index (κ3) is 5.36. The summed E-state index contributed by atoms with van der Waals surface area (Å²) in [6, 6.07) is 61.7. The van der Waals surface area contributed by atoms with Gasteiger partial charge in [-0.15, -0.1) is 0 Å². The lowest BCUT2D eigenvalue weighted by Crippen LogP contribution is -2.04. The zero-order valence-electron chi connectivity index (χ0n) is 30.5. The average Bonchev–Trinajstić information content (AvgIpc) is 3.78. The van der Waals surface area contributed by atoms with E-state index in [1.807, 2.05) is 12.1 Å². The van der Waals surface area contributed by atoms with Crippen molar-refractivity contribution in [3.05, 3.63) is 194 Å². The van der Waals surface area contributed by atoms with Gasteiger partial charge in [-0.3, -0.25) is 9.13 Å². The third-order valence-corrected chi connectivity index (χ3v) is 11.1. The van der Waals surface area contributed by atoms with Crippen molar-refractivity contribution >= 4 is 55.1 Å². The lowest BCUT2D eigenvalue weighted by molar-refractivity contribution is 0.977. The van der Waals surface area contributed by atoms with Crippen LogP contribution in [-0.4, -0.2) is 24.1 Å². The summed E-state index contributed by atoms with van der Waals surface area (Å²) in [5.74, 6) is 0. The molecule has 10 aromatic rings.